The van der Waals surface area contributed by atoms with Gasteiger partial charge in [-0.1, -0.05) is 29.8 Å². The van der Waals surface area contributed by atoms with Crippen LogP contribution in [0.15, 0.2) is 42.6 Å². The summed E-state index contributed by atoms with van der Waals surface area (Å²) in [5, 5.41) is 0. The van der Waals surface area contributed by atoms with Crippen LogP contribution in [0.3, 0.4) is 0 Å². The van der Waals surface area contributed by atoms with Crippen LogP contribution in [0, 0.1) is 6.92 Å². The predicted molar refractivity (Wildman–Crippen MR) is 87.3 cm³/mol. The van der Waals surface area contributed by atoms with Gasteiger partial charge < -0.3 is 10.6 Å². The van der Waals surface area contributed by atoms with Crippen molar-refractivity contribution in [1.82, 2.24) is 9.88 Å². The summed E-state index contributed by atoms with van der Waals surface area (Å²) in [7, 11) is 0. The molecule has 0 amide bonds. The maximum Gasteiger partial charge on any atom is 0.151 e. The van der Waals surface area contributed by atoms with Gasteiger partial charge in [-0.25, -0.2) is 4.98 Å². The van der Waals surface area contributed by atoms with Crippen molar-refractivity contribution in [3.8, 4) is 0 Å². The first-order valence-electron chi connectivity index (χ1n) is 7.46. The molecular formula is C17H22N4. The Balaban J connectivity index is 1.58. The van der Waals surface area contributed by atoms with Gasteiger partial charge in [0.2, 0.25) is 0 Å². The van der Waals surface area contributed by atoms with Gasteiger partial charge in [0.1, 0.15) is 0 Å². The van der Waals surface area contributed by atoms with E-state index in [1.54, 1.807) is 0 Å². The van der Waals surface area contributed by atoms with Gasteiger partial charge in [0.15, 0.2) is 5.82 Å². The van der Waals surface area contributed by atoms with E-state index in [0.717, 1.165) is 44.2 Å². The van der Waals surface area contributed by atoms with E-state index >= 15 is 0 Å². The first kappa shape index (κ1) is 13.9. The highest BCUT2D eigenvalue weighted by Gasteiger charge is 2.19. The molecule has 0 aliphatic carbocycles. The largest absolute Gasteiger partial charge is 0.396 e. The highest BCUT2D eigenvalue weighted by atomic mass is 15.3. The fraction of sp³-hybridized carbons (Fsp3) is 0.353. The summed E-state index contributed by atoms with van der Waals surface area (Å²) < 4.78 is 0. The van der Waals surface area contributed by atoms with Gasteiger partial charge in [-0.2, -0.15) is 0 Å². The molecule has 2 heterocycles. The van der Waals surface area contributed by atoms with Crippen molar-refractivity contribution < 1.29 is 0 Å². The van der Waals surface area contributed by atoms with Gasteiger partial charge >= 0.3 is 0 Å². The van der Waals surface area contributed by atoms with Crippen LogP contribution in [-0.4, -0.2) is 36.1 Å². The highest BCUT2D eigenvalue weighted by Crippen LogP contribution is 2.21. The summed E-state index contributed by atoms with van der Waals surface area (Å²) in [4.78, 5) is 9.17. The van der Waals surface area contributed by atoms with Crippen molar-refractivity contribution >= 4 is 11.5 Å². The molecule has 1 saturated heterocycles. The number of pyridine rings is 1. The van der Waals surface area contributed by atoms with Gasteiger partial charge in [0.05, 0.1) is 5.69 Å². The molecule has 21 heavy (non-hydrogen) atoms. The lowest BCUT2D eigenvalue weighted by molar-refractivity contribution is 0.249. The zero-order chi connectivity index (χ0) is 14.7. The molecule has 3 rings (SSSR count). The van der Waals surface area contributed by atoms with Crippen LogP contribution < -0.4 is 10.6 Å². The van der Waals surface area contributed by atoms with E-state index in [4.69, 9.17) is 5.73 Å². The monoisotopic (exact) mass is 282 g/mol. The number of aryl methyl sites for hydroxylation is 1. The number of hydrogen-bond donors (Lipinski definition) is 1. The molecule has 2 N–H and O–H groups in total. The Labute approximate surface area is 126 Å². The molecule has 4 nitrogen and oxygen atoms in total. The molecule has 0 unspecified atom stereocenters. The van der Waals surface area contributed by atoms with E-state index in [0.29, 0.717) is 0 Å². The van der Waals surface area contributed by atoms with E-state index in [1.165, 1.54) is 11.1 Å². The second-order valence-corrected chi connectivity index (χ2v) is 5.67. The van der Waals surface area contributed by atoms with Crippen molar-refractivity contribution in [2.45, 2.75) is 13.5 Å². The number of rotatable bonds is 3. The summed E-state index contributed by atoms with van der Waals surface area (Å²) in [5.41, 5.74) is 9.47. The quantitative estimate of drug-likeness (QED) is 0.938. The minimum absolute atomic E-state index is 0.768. The van der Waals surface area contributed by atoms with Crippen molar-refractivity contribution in [2.75, 3.05) is 36.8 Å². The summed E-state index contributed by atoms with van der Waals surface area (Å²) >= 11 is 0. The maximum atomic E-state index is 6.01. The molecule has 0 spiro atoms. The topological polar surface area (TPSA) is 45.4 Å². The molecule has 1 fully saturated rings. The minimum Gasteiger partial charge on any atom is -0.396 e. The second kappa shape index (κ2) is 6.14. The number of nitrogen functional groups attached to an aromatic ring is 1. The molecule has 0 bridgehead atoms. The lowest BCUT2D eigenvalue weighted by Gasteiger charge is -2.35. The Kier molecular flexibility index (Phi) is 4.06. The zero-order valence-electron chi connectivity index (χ0n) is 12.5. The van der Waals surface area contributed by atoms with Crippen molar-refractivity contribution in [3.05, 3.63) is 53.7 Å². The summed E-state index contributed by atoms with van der Waals surface area (Å²) in [6.45, 7) is 7.19. The standard InChI is InChI=1S/C17H22N4/c1-14-4-6-15(7-5-14)13-20-9-11-21(12-10-20)17-16(18)3-2-8-19-17/h2-8H,9-13,18H2,1H3. The molecule has 1 aliphatic rings. The van der Waals surface area contributed by atoms with Crippen molar-refractivity contribution in [2.24, 2.45) is 0 Å². The molecule has 0 atom stereocenters. The molecule has 1 aliphatic heterocycles. The zero-order valence-corrected chi connectivity index (χ0v) is 12.5. The SMILES string of the molecule is Cc1ccc(CN2CCN(c3ncccc3N)CC2)cc1. The summed E-state index contributed by atoms with van der Waals surface area (Å²) in [6, 6.07) is 12.6. The van der Waals surface area contributed by atoms with Crippen LogP contribution in [-0.2, 0) is 6.54 Å². The van der Waals surface area contributed by atoms with Crippen molar-refractivity contribution in [1.29, 1.82) is 0 Å². The van der Waals surface area contributed by atoms with Gasteiger partial charge in [-0.15, -0.1) is 0 Å². The van der Waals surface area contributed by atoms with Crippen LogP contribution in [0.5, 0.6) is 0 Å². The number of nitrogens with two attached hydrogens (primary N) is 1. The fourth-order valence-electron chi connectivity index (χ4n) is 2.74. The van der Waals surface area contributed by atoms with Crippen molar-refractivity contribution in [3.63, 3.8) is 0 Å². The predicted octanol–water partition coefficient (Wildman–Crippen LogP) is 2.29. The van der Waals surface area contributed by atoms with Crippen LogP contribution >= 0.6 is 0 Å². The van der Waals surface area contributed by atoms with E-state index in [9.17, 15) is 0 Å². The van der Waals surface area contributed by atoms with E-state index in [1.807, 2.05) is 18.3 Å². The first-order valence-corrected chi connectivity index (χ1v) is 7.46. The Morgan fingerprint density at radius 1 is 1.05 bits per heavy atom. The van der Waals surface area contributed by atoms with E-state index in [-0.39, 0.29) is 0 Å². The average Bonchev–Trinajstić information content (AvgIpc) is 2.51. The second-order valence-electron chi connectivity index (χ2n) is 5.67. The molecule has 4 heteroatoms. The van der Waals surface area contributed by atoms with E-state index < -0.39 is 0 Å². The van der Waals surface area contributed by atoms with Crippen LogP contribution in [0.1, 0.15) is 11.1 Å². The molecular weight excluding hydrogens is 260 g/mol. The third kappa shape index (κ3) is 3.34. The number of aromatic nitrogens is 1. The van der Waals surface area contributed by atoms with Gasteiger partial charge in [-0.05, 0) is 24.6 Å². The molecule has 1 aromatic heterocycles. The average molecular weight is 282 g/mol. The summed E-state index contributed by atoms with van der Waals surface area (Å²) in [6.07, 6.45) is 1.81. The van der Waals surface area contributed by atoms with Crippen LogP contribution in [0.4, 0.5) is 11.5 Å². The molecule has 0 radical (unpaired) electrons. The number of hydrogen-bond acceptors (Lipinski definition) is 4. The number of nitrogens with zero attached hydrogens (tertiary/aromatic N) is 3. The summed E-state index contributed by atoms with van der Waals surface area (Å²) in [5.74, 6) is 0.924. The fourth-order valence-corrected chi connectivity index (χ4v) is 2.74. The third-order valence-corrected chi connectivity index (χ3v) is 4.02. The third-order valence-electron chi connectivity index (χ3n) is 4.02. The molecule has 110 valence electrons. The Morgan fingerprint density at radius 2 is 1.76 bits per heavy atom. The lowest BCUT2D eigenvalue weighted by atomic mass is 10.1. The number of anilines is 2. The molecule has 1 aromatic carbocycles. The van der Waals surface area contributed by atoms with Gasteiger partial charge in [-0.3, -0.25) is 4.90 Å². The van der Waals surface area contributed by atoms with Crippen LogP contribution in [0.2, 0.25) is 0 Å². The van der Waals surface area contributed by atoms with Gasteiger partial charge in [0, 0.05) is 38.9 Å². The number of piperazine rings is 1. The highest BCUT2D eigenvalue weighted by molar-refractivity contribution is 5.62. The Hall–Kier alpha value is -2.07. The van der Waals surface area contributed by atoms with Crippen LogP contribution in [0.25, 0.3) is 0 Å². The minimum atomic E-state index is 0.768. The Morgan fingerprint density at radius 3 is 2.43 bits per heavy atom. The van der Waals surface area contributed by atoms with E-state index in [2.05, 4.69) is 46.0 Å². The first-order chi connectivity index (χ1) is 10.2. The molecule has 0 saturated carbocycles. The maximum absolute atomic E-state index is 6.01. The lowest BCUT2D eigenvalue weighted by Crippen LogP contribution is -2.46. The molecule has 2 aromatic rings. The number of benzene rings is 1. The Bertz CT molecular complexity index is 586. The smallest absolute Gasteiger partial charge is 0.151 e. The van der Waals surface area contributed by atoms with Gasteiger partial charge in [0.25, 0.3) is 0 Å². The normalized spacial score (nSPS) is 16.1.